The Morgan fingerprint density at radius 1 is 1.12 bits per heavy atom. The van der Waals surface area contributed by atoms with Gasteiger partial charge in [0.1, 0.15) is 0 Å². The number of aliphatic hydroxyl groups is 1. The number of halogens is 1. The molecule has 4 heteroatoms. The van der Waals surface area contributed by atoms with Gasteiger partial charge in [0.25, 0.3) is 0 Å². The lowest BCUT2D eigenvalue weighted by Crippen LogP contribution is -1.94. The van der Waals surface area contributed by atoms with E-state index in [9.17, 15) is 5.11 Å². The van der Waals surface area contributed by atoms with Crippen molar-refractivity contribution in [1.82, 2.24) is 4.98 Å². The first kappa shape index (κ1) is 12.6. The SMILES string of the molecule is CC(O)c1ccc(Sc2ccc(Br)cc2)cn1. The molecule has 0 aliphatic rings. The quantitative estimate of drug-likeness (QED) is 0.928. The van der Waals surface area contributed by atoms with Gasteiger partial charge in [-0.1, -0.05) is 27.7 Å². The molecule has 0 saturated heterocycles. The zero-order valence-corrected chi connectivity index (χ0v) is 11.7. The highest BCUT2D eigenvalue weighted by atomic mass is 79.9. The molecule has 0 bridgehead atoms. The summed E-state index contributed by atoms with van der Waals surface area (Å²) < 4.78 is 1.07. The fourth-order valence-electron chi connectivity index (χ4n) is 1.34. The van der Waals surface area contributed by atoms with Gasteiger partial charge in [-0.05, 0) is 43.3 Å². The first-order valence-electron chi connectivity index (χ1n) is 5.22. The van der Waals surface area contributed by atoms with Crippen LogP contribution in [0, 0.1) is 0 Å². The van der Waals surface area contributed by atoms with Gasteiger partial charge >= 0.3 is 0 Å². The summed E-state index contributed by atoms with van der Waals surface area (Å²) in [7, 11) is 0. The first-order chi connectivity index (χ1) is 8.15. The first-order valence-corrected chi connectivity index (χ1v) is 6.83. The normalized spacial score (nSPS) is 12.4. The van der Waals surface area contributed by atoms with E-state index in [1.807, 2.05) is 24.3 Å². The predicted molar refractivity (Wildman–Crippen MR) is 73.1 cm³/mol. The van der Waals surface area contributed by atoms with Crippen LogP contribution in [0.4, 0.5) is 0 Å². The number of benzene rings is 1. The Bertz CT molecular complexity index is 482. The Morgan fingerprint density at radius 2 is 1.76 bits per heavy atom. The number of aliphatic hydroxyl groups excluding tert-OH is 1. The third-order valence-electron chi connectivity index (χ3n) is 2.24. The van der Waals surface area contributed by atoms with Crippen LogP contribution >= 0.6 is 27.7 Å². The molecular weight excluding hydrogens is 298 g/mol. The van der Waals surface area contributed by atoms with Crippen LogP contribution in [0.2, 0.25) is 0 Å². The number of aromatic nitrogens is 1. The number of rotatable bonds is 3. The molecule has 0 radical (unpaired) electrons. The molecule has 0 aliphatic heterocycles. The number of pyridine rings is 1. The minimum atomic E-state index is -0.512. The summed E-state index contributed by atoms with van der Waals surface area (Å²) in [5, 5.41) is 9.36. The zero-order valence-electron chi connectivity index (χ0n) is 9.30. The van der Waals surface area contributed by atoms with Gasteiger partial charge in [0.05, 0.1) is 11.8 Å². The molecule has 0 saturated carbocycles. The molecule has 1 atom stereocenters. The van der Waals surface area contributed by atoms with E-state index in [1.54, 1.807) is 24.9 Å². The second-order valence-electron chi connectivity index (χ2n) is 3.65. The second-order valence-corrected chi connectivity index (χ2v) is 5.71. The summed E-state index contributed by atoms with van der Waals surface area (Å²) in [5.74, 6) is 0. The van der Waals surface area contributed by atoms with E-state index in [0.29, 0.717) is 5.69 Å². The predicted octanol–water partition coefficient (Wildman–Crippen LogP) is 4.05. The number of hydrogen-bond acceptors (Lipinski definition) is 3. The molecule has 2 nitrogen and oxygen atoms in total. The Labute approximate surface area is 113 Å². The molecule has 88 valence electrons. The molecule has 1 unspecified atom stereocenters. The van der Waals surface area contributed by atoms with E-state index in [4.69, 9.17) is 0 Å². The van der Waals surface area contributed by atoms with Crippen LogP contribution in [-0.2, 0) is 0 Å². The summed E-state index contributed by atoms with van der Waals surface area (Å²) in [6.45, 7) is 1.71. The van der Waals surface area contributed by atoms with Gasteiger partial charge in [0.15, 0.2) is 0 Å². The van der Waals surface area contributed by atoms with E-state index < -0.39 is 6.10 Å². The van der Waals surface area contributed by atoms with Crippen molar-refractivity contribution in [2.75, 3.05) is 0 Å². The Kier molecular flexibility index (Phi) is 4.20. The van der Waals surface area contributed by atoms with E-state index in [1.165, 1.54) is 4.90 Å². The largest absolute Gasteiger partial charge is 0.387 e. The van der Waals surface area contributed by atoms with Crippen LogP contribution in [0.1, 0.15) is 18.7 Å². The molecule has 1 heterocycles. The highest BCUT2D eigenvalue weighted by Crippen LogP contribution is 2.28. The van der Waals surface area contributed by atoms with Crippen molar-refractivity contribution in [3.05, 3.63) is 52.8 Å². The van der Waals surface area contributed by atoms with Crippen molar-refractivity contribution in [2.45, 2.75) is 22.8 Å². The Morgan fingerprint density at radius 3 is 2.29 bits per heavy atom. The van der Waals surface area contributed by atoms with Crippen molar-refractivity contribution < 1.29 is 5.11 Å². The Hall–Kier alpha value is -0.840. The smallest absolute Gasteiger partial charge is 0.0931 e. The maximum Gasteiger partial charge on any atom is 0.0931 e. The van der Waals surface area contributed by atoms with Gasteiger partial charge in [-0.15, -0.1) is 0 Å². The molecule has 1 aromatic carbocycles. The summed E-state index contributed by atoms with van der Waals surface area (Å²) >= 11 is 5.06. The maximum atomic E-state index is 9.36. The highest BCUT2D eigenvalue weighted by Gasteiger charge is 2.03. The third-order valence-corrected chi connectivity index (χ3v) is 3.75. The average molecular weight is 310 g/mol. The maximum absolute atomic E-state index is 9.36. The van der Waals surface area contributed by atoms with Crippen molar-refractivity contribution in [3.63, 3.8) is 0 Å². The van der Waals surface area contributed by atoms with E-state index in [-0.39, 0.29) is 0 Å². The molecule has 2 aromatic rings. The van der Waals surface area contributed by atoms with E-state index in [0.717, 1.165) is 9.37 Å². The van der Waals surface area contributed by atoms with Crippen LogP contribution in [0.15, 0.2) is 56.9 Å². The molecule has 1 N–H and O–H groups in total. The average Bonchev–Trinajstić information content (AvgIpc) is 2.33. The molecular formula is C13H12BrNOS. The highest BCUT2D eigenvalue weighted by molar-refractivity contribution is 9.10. The summed E-state index contributed by atoms with van der Waals surface area (Å²) in [4.78, 5) is 6.44. The standard InChI is InChI=1S/C13H12BrNOS/c1-9(16)13-7-6-12(8-15-13)17-11-4-2-10(14)3-5-11/h2-9,16H,1H3. The monoisotopic (exact) mass is 309 g/mol. The molecule has 0 aliphatic carbocycles. The summed E-state index contributed by atoms with van der Waals surface area (Å²) in [6, 6.07) is 12.0. The number of nitrogens with zero attached hydrogens (tertiary/aromatic N) is 1. The Balaban J connectivity index is 2.11. The molecule has 0 spiro atoms. The lowest BCUT2D eigenvalue weighted by Gasteiger charge is -2.05. The van der Waals surface area contributed by atoms with Crippen LogP contribution < -0.4 is 0 Å². The van der Waals surface area contributed by atoms with Crippen LogP contribution in [0.25, 0.3) is 0 Å². The van der Waals surface area contributed by atoms with Crippen LogP contribution in [0.5, 0.6) is 0 Å². The second kappa shape index (κ2) is 5.67. The zero-order chi connectivity index (χ0) is 12.3. The van der Waals surface area contributed by atoms with Crippen LogP contribution in [-0.4, -0.2) is 10.1 Å². The van der Waals surface area contributed by atoms with Gasteiger partial charge in [0.2, 0.25) is 0 Å². The van der Waals surface area contributed by atoms with Crippen molar-refractivity contribution in [3.8, 4) is 0 Å². The fourth-order valence-corrected chi connectivity index (χ4v) is 2.39. The molecule has 2 rings (SSSR count). The van der Waals surface area contributed by atoms with Crippen LogP contribution in [0.3, 0.4) is 0 Å². The number of hydrogen-bond donors (Lipinski definition) is 1. The lowest BCUT2D eigenvalue weighted by molar-refractivity contribution is 0.194. The molecule has 17 heavy (non-hydrogen) atoms. The van der Waals surface area contributed by atoms with Crippen molar-refractivity contribution in [2.24, 2.45) is 0 Å². The van der Waals surface area contributed by atoms with E-state index >= 15 is 0 Å². The van der Waals surface area contributed by atoms with Gasteiger partial charge in [-0.2, -0.15) is 0 Å². The molecule has 0 amide bonds. The topological polar surface area (TPSA) is 33.1 Å². The lowest BCUT2D eigenvalue weighted by atomic mass is 10.2. The van der Waals surface area contributed by atoms with Crippen molar-refractivity contribution >= 4 is 27.7 Å². The van der Waals surface area contributed by atoms with Gasteiger partial charge in [0, 0.05) is 20.5 Å². The van der Waals surface area contributed by atoms with Gasteiger partial charge in [-0.3, -0.25) is 4.98 Å². The minimum absolute atomic E-state index is 0.512. The summed E-state index contributed by atoms with van der Waals surface area (Å²) in [6.07, 6.45) is 1.27. The summed E-state index contributed by atoms with van der Waals surface area (Å²) in [5.41, 5.74) is 0.699. The van der Waals surface area contributed by atoms with Gasteiger partial charge < -0.3 is 5.11 Å². The minimum Gasteiger partial charge on any atom is -0.387 e. The molecule has 0 fully saturated rings. The van der Waals surface area contributed by atoms with Gasteiger partial charge in [-0.25, -0.2) is 0 Å². The van der Waals surface area contributed by atoms with E-state index in [2.05, 4.69) is 33.0 Å². The fraction of sp³-hybridized carbons (Fsp3) is 0.154. The van der Waals surface area contributed by atoms with Crippen molar-refractivity contribution in [1.29, 1.82) is 0 Å². The third kappa shape index (κ3) is 3.56. The molecule has 1 aromatic heterocycles.